The van der Waals surface area contributed by atoms with Crippen LogP contribution >= 0.6 is 11.3 Å². The van der Waals surface area contributed by atoms with Crippen molar-refractivity contribution in [3.63, 3.8) is 0 Å². The maximum atomic E-state index is 11.3. The Hall–Kier alpha value is -1.37. The Kier molecular flexibility index (Phi) is 4.41. The lowest BCUT2D eigenvalue weighted by molar-refractivity contribution is 0.597. The normalized spacial score (nSPS) is 12.4. The van der Waals surface area contributed by atoms with Crippen LogP contribution in [0, 0.1) is 0 Å². The highest BCUT2D eigenvalue weighted by Gasteiger charge is 2.16. The van der Waals surface area contributed by atoms with Gasteiger partial charge in [0.15, 0.2) is 0 Å². The van der Waals surface area contributed by atoms with Crippen molar-refractivity contribution in [1.82, 2.24) is 0 Å². The molecule has 1 heterocycles. The molecule has 0 aliphatic heterocycles. The molecule has 114 valence electrons. The minimum Gasteiger partial charge on any atom is -0.380 e. The molecule has 0 bridgehead atoms. The lowest BCUT2D eigenvalue weighted by Crippen LogP contribution is -2.12. The van der Waals surface area contributed by atoms with E-state index in [2.05, 4.69) is 38.2 Å². The van der Waals surface area contributed by atoms with E-state index in [4.69, 9.17) is 5.14 Å². The molecule has 0 saturated heterocycles. The van der Waals surface area contributed by atoms with E-state index in [1.54, 1.807) is 23.5 Å². The van der Waals surface area contributed by atoms with Crippen LogP contribution in [-0.4, -0.2) is 8.42 Å². The average molecular weight is 324 g/mol. The van der Waals surface area contributed by atoms with Crippen molar-refractivity contribution in [3.8, 4) is 0 Å². The zero-order chi connectivity index (χ0) is 15.7. The Morgan fingerprint density at radius 2 is 1.90 bits per heavy atom. The molecular weight excluding hydrogens is 304 g/mol. The number of primary sulfonamides is 1. The van der Waals surface area contributed by atoms with E-state index in [1.165, 1.54) is 15.8 Å². The monoisotopic (exact) mass is 324 g/mol. The lowest BCUT2D eigenvalue weighted by Gasteiger charge is -2.15. The first-order valence-corrected chi connectivity index (χ1v) is 8.98. The van der Waals surface area contributed by atoms with Crippen LogP contribution in [0.5, 0.6) is 0 Å². The van der Waals surface area contributed by atoms with Gasteiger partial charge in [0.1, 0.15) is 0 Å². The highest BCUT2D eigenvalue weighted by atomic mass is 32.2. The summed E-state index contributed by atoms with van der Waals surface area (Å²) in [5, 5.41) is 8.36. The van der Waals surface area contributed by atoms with Gasteiger partial charge in [-0.25, -0.2) is 13.6 Å². The summed E-state index contributed by atoms with van der Waals surface area (Å²) in [6.45, 7) is 7.22. The Morgan fingerprint density at radius 1 is 1.19 bits per heavy atom. The van der Waals surface area contributed by atoms with E-state index in [0.29, 0.717) is 6.54 Å². The molecule has 0 fully saturated rings. The number of rotatable bonds is 4. The molecule has 0 radical (unpaired) electrons. The number of hydrogen-bond acceptors (Lipinski definition) is 4. The fourth-order valence-electron chi connectivity index (χ4n) is 1.85. The van der Waals surface area contributed by atoms with E-state index in [-0.39, 0.29) is 10.3 Å². The Morgan fingerprint density at radius 3 is 2.48 bits per heavy atom. The van der Waals surface area contributed by atoms with Gasteiger partial charge in [0.2, 0.25) is 10.0 Å². The van der Waals surface area contributed by atoms with E-state index in [1.807, 2.05) is 6.07 Å². The fraction of sp³-hybridized carbons (Fsp3) is 0.333. The Balaban J connectivity index is 2.09. The number of nitrogens with two attached hydrogens (primary N) is 1. The first-order valence-electron chi connectivity index (χ1n) is 6.62. The first kappa shape index (κ1) is 16.0. The van der Waals surface area contributed by atoms with E-state index in [9.17, 15) is 8.42 Å². The maximum absolute atomic E-state index is 11.3. The number of benzene rings is 1. The van der Waals surface area contributed by atoms with E-state index >= 15 is 0 Å². The molecule has 0 atom stereocenters. The quantitative estimate of drug-likeness (QED) is 0.906. The zero-order valence-corrected chi connectivity index (χ0v) is 14.0. The Labute approximate surface area is 130 Å². The van der Waals surface area contributed by atoms with Gasteiger partial charge in [0.25, 0.3) is 0 Å². The molecule has 2 aromatic rings. The van der Waals surface area contributed by atoms with Crippen LogP contribution < -0.4 is 10.5 Å². The molecular formula is C15H20N2O2S2. The third-order valence-corrected chi connectivity index (χ3v) is 5.45. The van der Waals surface area contributed by atoms with Crippen LogP contribution in [0.3, 0.4) is 0 Å². The van der Waals surface area contributed by atoms with Gasteiger partial charge in [-0.05, 0) is 35.7 Å². The van der Waals surface area contributed by atoms with Crippen molar-refractivity contribution in [2.24, 2.45) is 5.14 Å². The summed E-state index contributed by atoms with van der Waals surface area (Å²) in [6, 6.07) is 10.8. The third kappa shape index (κ3) is 4.30. The predicted octanol–water partition coefficient (Wildman–Crippen LogP) is 3.31. The standard InChI is InChI=1S/C15H20N2O2S2/c1-15(2,3)14-8-7-12(20-14)10-17-11-5-4-6-13(9-11)21(16,18)19/h4-9,17H,10H2,1-3H3,(H2,16,18,19). The van der Waals surface area contributed by atoms with Crippen molar-refractivity contribution in [2.75, 3.05) is 5.32 Å². The van der Waals surface area contributed by atoms with Crippen molar-refractivity contribution in [3.05, 3.63) is 46.2 Å². The van der Waals surface area contributed by atoms with E-state index in [0.717, 1.165) is 5.69 Å². The van der Waals surface area contributed by atoms with Gasteiger partial charge in [0.05, 0.1) is 4.90 Å². The molecule has 0 unspecified atom stereocenters. The molecule has 0 amide bonds. The van der Waals surface area contributed by atoms with Gasteiger partial charge in [-0.1, -0.05) is 26.8 Å². The number of nitrogens with one attached hydrogen (secondary N) is 1. The number of anilines is 1. The molecule has 4 nitrogen and oxygen atoms in total. The summed E-state index contributed by atoms with van der Waals surface area (Å²) in [6.07, 6.45) is 0. The van der Waals surface area contributed by atoms with Crippen LogP contribution in [0.1, 0.15) is 30.5 Å². The van der Waals surface area contributed by atoms with Crippen LogP contribution in [0.15, 0.2) is 41.3 Å². The number of thiophene rings is 1. The number of sulfonamides is 1. The second-order valence-electron chi connectivity index (χ2n) is 5.94. The van der Waals surface area contributed by atoms with Gasteiger partial charge < -0.3 is 5.32 Å². The summed E-state index contributed by atoms with van der Waals surface area (Å²) >= 11 is 1.76. The molecule has 1 aromatic heterocycles. The van der Waals surface area contributed by atoms with Crippen molar-refractivity contribution in [1.29, 1.82) is 0 Å². The smallest absolute Gasteiger partial charge is 0.238 e. The summed E-state index contributed by atoms with van der Waals surface area (Å²) in [4.78, 5) is 2.66. The SMILES string of the molecule is CC(C)(C)c1ccc(CNc2cccc(S(N)(=O)=O)c2)s1. The molecule has 1 aromatic carbocycles. The van der Waals surface area contributed by atoms with Crippen LogP contribution in [0.4, 0.5) is 5.69 Å². The minimum absolute atomic E-state index is 0.120. The van der Waals surface area contributed by atoms with Crippen LogP contribution in [0.2, 0.25) is 0 Å². The molecule has 0 saturated carbocycles. The van der Waals surface area contributed by atoms with Crippen molar-refractivity contribution >= 4 is 27.0 Å². The average Bonchev–Trinajstić information content (AvgIpc) is 2.84. The molecule has 0 aliphatic rings. The maximum Gasteiger partial charge on any atom is 0.238 e. The van der Waals surface area contributed by atoms with E-state index < -0.39 is 10.0 Å². The number of hydrogen-bond donors (Lipinski definition) is 2. The zero-order valence-electron chi connectivity index (χ0n) is 12.4. The molecule has 2 rings (SSSR count). The predicted molar refractivity (Wildman–Crippen MR) is 88.2 cm³/mol. The molecule has 3 N–H and O–H groups in total. The van der Waals surface area contributed by atoms with Gasteiger partial charge in [-0.2, -0.15) is 0 Å². The summed E-state index contributed by atoms with van der Waals surface area (Å²) in [5.41, 5.74) is 0.892. The lowest BCUT2D eigenvalue weighted by atomic mass is 9.95. The molecule has 0 aliphatic carbocycles. The largest absolute Gasteiger partial charge is 0.380 e. The van der Waals surface area contributed by atoms with Crippen LogP contribution in [-0.2, 0) is 22.0 Å². The first-order chi connectivity index (χ1) is 9.66. The van der Waals surface area contributed by atoms with Crippen molar-refractivity contribution in [2.45, 2.75) is 37.6 Å². The summed E-state index contributed by atoms with van der Waals surface area (Å²) in [5.74, 6) is 0. The summed E-state index contributed by atoms with van der Waals surface area (Å²) in [7, 11) is -3.66. The van der Waals surface area contributed by atoms with Gasteiger partial charge in [0, 0.05) is 22.0 Å². The van der Waals surface area contributed by atoms with Gasteiger partial charge in [-0.3, -0.25) is 0 Å². The topological polar surface area (TPSA) is 72.2 Å². The second-order valence-corrected chi connectivity index (χ2v) is 8.67. The van der Waals surface area contributed by atoms with Crippen LogP contribution in [0.25, 0.3) is 0 Å². The summed E-state index contributed by atoms with van der Waals surface area (Å²) < 4.78 is 22.7. The highest BCUT2D eigenvalue weighted by molar-refractivity contribution is 7.89. The minimum atomic E-state index is -3.66. The third-order valence-electron chi connectivity index (χ3n) is 3.03. The molecule has 6 heteroatoms. The van der Waals surface area contributed by atoms with Gasteiger partial charge in [-0.15, -0.1) is 11.3 Å². The fourth-order valence-corrected chi connectivity index (χ4v) is 3.41. The second kappa shape index (κ2) is 5.79. The van der Waals surface area contributed by atoms with Gasteiger partial charge >= 0.3 is 0 Å². The highest BCUT2D eigenvalue weighted by Crippen LogP contribution is 2.29. The molecule has 0 spiro atoms. The van der Waals surface area contributed by atoms with Crippen molar-refractivity contribution < 1.29 is 8.42 Å². The Bertz CT molecular complexity index is 728. The molecule has 21 heavy (non-hydrogen) atoms.